The van der Waals surface area contributed by atoms with Gasteiger partial charge < -0.3 is 27.2 Å². The van der Waals surface area contributed by atoms with E-state index in [1.165, 1.54) is 12.2 Å². The van der Waals surface area contributed by atoms with E-state index in [1.807, 2.05) is 6.92 Å². The second-order valence-electron chi connectivity index (χ2n) is 5.59. The van der Waals surface area contributed by atoms with E-state index in [0.717, 1.165) is 17.8 Å². The summed E-state index contributed by atoms with van der Waals surface area (Å²) in [6, 6.07) is 1.17. The number of nitrogens with zero attached hydrogens (tertiary/aromatic N) is 2. The summed E-state index contributed by atoms with van der Waals surface area (Å²) in [5.74, 6) is 0.114. The van der Waals surface area contributed by atoms with Crippen LogP contribution in [0.4, 0.5) is 10.2 Å². The third-order valence-corrected chi connectivity index (χ3v) is 3.70. The summed E-state index contributed by atoms with van der Waals surface area (Å²) < 4.78 is 13.2. The Morgan fingerprint density at radius 2 is 2.14 bits per heavy atom. The van der Waals surface area contributed by atoms with E-state index in [9.17, 15) is 9.50 Å². The Balaban J connectivity index is 3.04. The molecule has 152 valence electrons. The molecule has 0 aliphatic carbocycles. The van der Waals surface area contributed by atoms with Gasteiger partial charge in [-0.05, 0) is 37.6 Å². The van der Waals surface area contributed by atoms with E-state index in [4.69, 9.17) is 23.1 Å². The zero-order valence-electron chi connectivity index (χ0n) is 15.5. The van der Waals surface area contributed by atoms with Gasteiger partial charge in [-0.3, -0.25) is 5.10 Å². The minimum Gasteiger partial charge on any atom is -0.400 e. The van der Waals surface area contributed by atoms with Crippen molar-refractivity contribution in [3.05, 3.63) is 71.6 Å². The van der Waals surface area contributed by atoms with Crippen LogP contribution in [0.25, 0.3) is 0 Å². The summed E-state index contributed by atoms with van der Waals surface area (Å²) >= 11 is 6.13. The second-order valence-corrected chi connectivity index (χ2v) is 6.00. The van der Waals surface area contributed by atoms with E-state index in [1.54, 1.807) is 6.07 Å². The number of aliphatic imine (C=N–C) groups is 1. The van der Waals surface area contributed by atoms with Crippen LogP contribution in [0.1, 0.15) is 12.1 Å². The summed E-state index contributed by atoms with van der Waals surface area (Å²) in [5.41, 5.74) is 13.0. The van der Waals surface area contributed by atoms with Crippen molar-refractivity contribution in [2.24, 2.45) is 16.5 Å². The highest BCUT2D eigenvalue weighted by molar-refractivity contribution is 6.31. The topological polar surface area (TPSA) is 137 Å². The maximum absolute atomic E-state index is 13.2. The maximum Gasteiger partial charge on any atom is 0.195 e. The van der Waals surface area contributed by atoms with E-state index in [0.29, 0.717) is 5.82 Å². The molecule has 1 heterocycles. The number of aliphatic hydroxyl groups excluding tert-OH is 1. The zero-order valence-corrected chi connectivity index (χ0v) is 16.3. The lowest BCUT2D eigenvalue weighted by molar-refractivity contribution is 0.277. The van der Waals surface area contributed by atoms with Crippen molar-refractivity contribution in [3.8, 4) is 0 Å². The van der Waals surface area contributed by atoms with Crippen molar-refractivity contribution in [1.82, 2.24) is 15.5 Å². The minimum absolute atomic E-state index is 0.0299. The number of guanidine groups is 1. The molecule has 8 N–H and O–H groups in total. The molecular weight excluding hydrogens is 385 g/mol. The fraction of sp³-hybridized carbons (Fsp3) is 0.222. The average Bonchev–Trinajstić information content (AvgIpc) is 3.08. The highest BCUT2D eigenvalue weighted by Gasteiger charge is 2.13. The smallest absolute Gasteiger partial charge is 0.195 e. The monoisotopic (exact) mass is 409 g/mol. The van der Waals surface area contributed by atoms with Crippen LogP contribution in [0, 0.1) is 6.92 Å². The standard InChI is InChI=1S/C18H25ClFN7O/c1-4-12(20)6-7-14(21)15(8-9-28)23-18(22)25-17(13(19)5-2)24-16-10-11(3)26-27-16/h4-7,10,15,28H,1-2,8-9,21H2,3H3,(H3,22,23,25)(H2,24,26,27)/b12-6+,14-7-,17-13+. The number of aliphatic hydroxyl groups is 1. The number of hydrogen-bond acceptors (Lipinski definition) is 5. The van der Waals surface area contributed by atoms with Crippen molar-refractivity contribution in [3.63, 3.8) is 0 Å². The van der Waals surface area contributed by atoms with Crippen LogP contribution < -0.4 is 22.1 Å². The van der Waals surface area contributed by atoms with E-state index in [-0.39, 0.29) is 35.5 Å². The molecule has 10 heteroatoms. The highest BCUT2D eigenvalue weighted by Crippen LogP contribution is 2.16. The molecule has 8 nitrogen and oxygen atoms in total. The summed E-state index contributed by atoms with van der Waals surface area (Å²) in [7, 11) is 0. The van der Waals surface area contributed by atoms with Crippen LogP contribution in [0.15, 0.2) is 70.9 Å². The first-order valence-corrected chi connectivity index (χ1v) is 8.66. The van der Waals surface area contributed by atoms with Crippen molar-refractivity contribution in [2.45, 2.75) is 19.4 Å². The molecule has 0 fully saturated rings. The Morgan fingerprint density at radius 1 is 1.43 bits per heavy atom. The predicted octanol–water partition coefficient (Wildman–Crippen LogP) is 2.26. The molecule has 1 atom stereocenters. The largest absolute Gasteiger partial charge is 0.400 e. The number of allylic oxidation sites excluding steroid dienone is 6. The van der Waals surface area contributed by atoms with Crippen LogP contribution in [0.3, 0.4) is 0 Å². The first kappa shape index (κ1) is 23.0. The quantitative estimate of drug-likeness (QED) is 0.199. The molecule has 0 bridgehead atoms. The number of aromatic nitrogens is 2. The number of aromatic amines is 1. The molecule has 28 heavy (non-hydrogen) atoms. The molecule has 0 aliphatic heterocycles. The SMILES string of the molecule is C=C/C(F)=C\C=C(/N)C(CCO)N/C(N)=N/C(Nc1cc(C)[nH]n1)=C(/Cl)C=C. The second kappa shape index (κ2) is 11.6. The molecule has 1 rings (SSSR count). The summed E-state index contributed by atoms with van der Waals surface area (Å²) in [4.78, 5) is 4.19. The number of hydrogen-bond donors (Lipinski definition) is 6. The van der Waals surface area contributed by atoms with Crippen LogP contribution in [0.5, 0.6) is 0 Å². The summed E-state index contributed by atoms with van der Waals surface area (Å²) in [6.45, 7) is 8.58. The van der Waals surface area contributed by atoms with Gasteiger partial charge >= 0.3 is 0 Å². The third-order valence-electron chi connectivity index (χ3n) is 3.36. The zero-order chi connectivity index (χ0) is 21.1. The molecule has 0 aromatic carbocycles. The van der Waals surface area contributed by atoms with Gasteiger partial charge in [0, 0.05) is 24.1 Å². The molecule has 0 saturated heterocycles. The van der Waals surface area contributed by atoms with Crippen molar-refractivity contribution >= 4 is 23.4 Å². The lowest BCUT2D eigenvalue weighted by Gasteiger charge is -2.19. The Morgan fingerprint density at radius 3 is 2.68 bits per heavy atom. The van der Waals surface area contributed by atoms with Gasteiger partial charge in [0.15, 0.2) is 17.6 Å². The molecule has 1 unspecified atom stereocenters. The van der Waals surface area contributed by atoms with Crippen LogP contribution in [-0.4, -0.2) is 33.9 Å². The van der Waals surface area contributed by atoms with Gasteiger partial charge in [0.2, 0.25) is 0 Å². The number of H-pyrrole nitrogens is 1. The minimum atomic E-state index is -0.584. The van der Waals surface area contributed by atoms with Crippen LogP contribution >= 0.6 is 11.6 Å². The Hall–Kier alpha value is -3.04. The molecule has 0 saturated carbocycles. The summed E-state index contributed by atoms with van der Waals surface area (Å²) in [6.07, 6.45) is 5.18. The molecular formula is C18H25ClFN7O. The van der Waals surface area contributed by atoms with Crippen LogP contribution in [0.2, 0.25) is 0 Å². The third kappa shape index (κ3) is 7.68. The van der Waals surface area contributed by atoms with Gasteiger partial charge in [-0.25, -0.2) is 4.39 Å². The van der Waals surface area contributed by atoms with Gasteiger partial charge in [0.05, 0.1) is 11.1 Å². The molecule has 1 aromatic rings. The molecule has 0 radical (unpaired) electrons. The van der Waals surface area contributed by atoms with Crippen molar-refractivity contribution in [1.29, 1.82) is 0 Å². The van der Waals surface area contributed by atoms with E-state index < -0.39 is 11.9 Å². The average molecular weight is 410 g/mol. The number of rotatable bonds is 10. The molecule has 0 aliphatic rings. The Labute approximate surface area is 168 Å². The predicted molar refractivity (Wildman–Crippen MR) is 112 cm³/mol. The number of nitrogens with one attached hydrogen (secondary N) is 3. The van der Waals surface area contributed by atoms with Gasteiger partial charge in [0.1, 0.15) is 5.83 Å². The normalized spacial score (nSPS) is 14.9. The Bertz CT molecular complexity index is 811. The first-order valence-electron chi connectivity index (χ1n) is 8.28. The summed E-state index contributed by atoms with van der Waals surface area (Å²) in [5, 5.41) is 22.1. The molecule has 1 aromatic heterocycles. The highest BCUT2D eigenvalue weighted by atomic mass is 35.5. The number of aryl methyl sites for hydroxylation is 1. The lowest BCUT2D eigenvalue weighted by Crippen LogP contribution is -2.43. The number of anilines is 1. The first-order chi connectivity index (χ1) is 13.3. The molecule has 0 spiro atoms. The molecule has 0 amide bonds. The number of nitrogens with two attached hydrogens (primary N) is 2. The van der Waals surface area contributed by atoms with Crippen molar-refractivity contribution < 1.29 is 9.50 Å². The Kier molecular flexibility index (Phi) is 9.55. The van der Waals surface area contributed by atoms with Gasteiger partial charge in [-0.1, -0.05) is 24.8 Å². The van der Waals surface area contributed by atoms with E-state index >= 15 is 0 Å². The van der Waals surface area contributed by atoms with Gasteiger partial charge in [-0.2, -0.15) is 10.1 Å². The fourth-order valence-corrected chi connectivity index (χ4v) is 2.07. The fourth-order valence-electron chi connectivity index (χ4n) is 1.98. The van der Waals surface area contributed by atoms with Crippen molar-refractivity contribution in [2.75, 3.05) is 11.9 Å². The van der Waals surface area contributed by atoms with E-state index in [2.05, 4.69) is 39.0 Å². The van der Waals surface area contributed by atoms with Crippen LogP contribution in [-0.2, 0) is 0 Å². The maximum atomic E-state index is 13.2. The lowest BCUT2D eigenvalue weighted by atomic mass is 10.1. The van der Waals surface area contributed by atoms with Gasteiger partial charge in [0.25, 0.3) is 0 Å². The van der Waals surface area contributed by atoms with Gasteiger partial charge in [-0.15, -0.1) is 0 Å². The number of halogens is 2.